The van der Waals surface area contributed by atoms with Crippen LogP contribution in [0.2, 0.25) is 0 Å². The number of nitrogens with zero attached hydrogens (tertiary/aromatic N) is 4. The zero-order valence-electron chi connectivity index (χ0n) is 12.9. The van der Waals surface area contributed by atoms with Crippen molar-refractivity contribution < 1.29 is 13.6 Å². The fourth-order valence-corrected chi connectivity index (χ4v) is 3.80. The summed E-state index contributed by atoms with van der Waals surface area (Å²) in [5.74, 6) is 0. The molecule has 1 aliphatic heterocycles. The summed E-state index contributed by atoms with van der Waals surface area (Å²) in [6.07, 6.45) is 2.19. The van der Waals surface area contributed by atoms with Crippen LogP contribution in [0.5, 0.6) is 0 Å². The van der Waals surface area contributed by atoms with Crippen LogP contribution >= 0.6 is 7.75 Å². The molecule has 0 radical (unpaired) electrons. The molecule has 1 N–H and O–H groups in total. The van der Waals surface area contributed by atoms with E-state index < -0.39 is 19.0 Å². The van der Waals surface area contributed by atoms with E-state index in [1.54, 1.807) is 11.6 Å². The lowest BCUT2D eigenvalue weighted by Gasteiger charge is -2.23. The summed E-state index contributed by atoms with van der Waals surface area (Å²) in [5.41, 5.74) is -0.216. The van der Waals surface area contributed by atoms with Gasteiger partial charge in [-0.2, -0.15) is 0 Å². The van der Waals surface area contributed by atoms with E-state index in [0.29, 0.717) is 37.3 Å². The van der Waals surface area contributed by atoms with E-state index >= 15 is 0 Å². The van der Waals surface area contributed by atoms with Gasteiger partial charge in [-0.05, 0) is 6.42 Å². The third-order valence-corrected chi connectivity index (χ3v) is 5.34. The second kappa shape index (κ2) is 6.04. The number of imidazole rings is 1. The van der Waals surface area contributed by atoms with Crippen molar-refractivity contribution in [2.45, 2.75) is 13.0 Å². The molecule has 0 aromatic carbocycles. The van der Waals surface area contributed by atoms with E-state index in [4.69, 9.17) is 9.05 Å². The summed E-state index contributed by atoms with van der Waals surface area (Å²) in [7, 11) is -0.278. The Bertz CT molecular complexity index is 888. The average Bonchev–Trinajstić information content (AvgIpc) is 2.95. The Morgan fingerprint density at radius 2 is 1.96 bits per heavy atom. The zero-order valence-corrected chi connectivity index (χ0v) is 13.8. The lowest BCUT2D eigenvalue weighted by atomic mass is 10.5. The predicted octanol–water partition coefficient (Wildman–Crippen LogP) is -0.432. The van der Waals surface area contributed by atoms with Crippen molar-refractivity contribution in [3.8, 4) is 0 Å². The molecule has 1 fully saturated rings. The summed E-state index contributed by atoms with van der Waals surface area (Å²) in [5, 5.41) is 2.75. The third kappa shape index (κ3) is 2.90. The van der Waals surface area contributed by atoms with Crippen molar-refractivity contribution in [2.24, 2.45) is 14.1 Å². The van der Waals surface area contributed by atoms with Crippen molar-refractivity contribution in [1.29, 1.82) is 0 Å². The molecular weight excluding hydrogens is 325 g/mol. The van der Waals surface area contributed by atoms with Gasteiger partial charge in [0.2, 0.25) is 0 Å². The van der Waals surface area contributed by atoms with Crippen molar-refractivity contribution in [3.63, 3.8) is 0 Å². The van der Waals surface area contributed by atoms with E-state index in [2.05, 4.69) is 10.1 Å². The topological polar surface area (TPSA) is 109 Å². The predicted molar refractivity (Wildman–Crippen MR) is 82.3 cm³/mol. The first-order valence-electron chi connectivity index (χ1n) is 7.18. The maximum Gasteiger partial charge on any atom is 0.405 e. The molecule has 3 heterocycles. The summed E-state index contributed by atoms with van der Waals surface area (Å²) in [6, 6.07) is 0. The van der Waals surface area contributed by atoms with Crippen LogP contribution in [0.4, 0.5) is 0 Å². The molecule has 1 saturated heterocycles. The Morgan fingerprint density at radius 3 is 2.65 bits per heavy atom. The maximum atomic E-state index is 12.3. The fourth-order valence-electron chi connectivity index (χ4n) is 2.43. The van der Waals surface area contributed by atoms with Gasteiger partial charge in [0.15, 0.2) is 11.2 Å². The van der Waals surface area contributed by atoms with Crippen LogP contribution in [0, 0.1) is 0 Å². The summed E-state index contributed by atoms with van der Waals surface area (Å²) in [6.45, 7) is 1.39. The highest BCUT2D eigenvalue weighted by Crippen LogP contribution is 2.45. The van der Waals surface area contributed by atoms with Gasteiger partial charge >= 0.3 is 13.4 Å². The van der Waals surface area contributed by atoms with E-state index in [-0.39, 0.29) is 6.54 Å². The van der Waals surface area contributed by atoms with Crippen LogP contribution in [0.15, 0.2) is 15.9 Å². The largest absolute Gasteiger partial charge is 0.405 e. The lowest BCUT2D eigenvalue weighted by molar-refractivity contribution is 0.139. The highest BCUT2D eigenvalue weighted by Gasteiger charge is 2.27. The summed E-state index contributed by atoms with van der Waals surface area (Å²) >= 11 is 0. The third-order valence-electron chi connectivity index (χ3n) is 3.69. The van der Waals surface area contributed by atoms with Gasteiger partial charge in [0, 0.05) is 27.2 Å². The smallest absolute Gasteiger partial charge is 0.323 e. The molecule has 2 aromatic rings. The standard InChI is InChI=1S/C12H18N5O5P/c1-15-10-9(11(18)16(2)12(15)19)17(8-13-10)5-4-14-23(20)21-6-3-7-22-23/h8H,3-7H2,1-2H3,(H,14,20). The molecule has 0 aliphatic carbocycles. The molecule has 23 heavy (non-hydrogen) atoms. The van der Waals surface area contributed by atoms with Gasteiger partial charge in [0.25, 0.3) is 5.56 Å². The zero-order chi connectivity index (χ0) is 16.6. The molecule has 1 aliphatic rings. The minimum Gasteiger partial charge on any atom is -0.323 e. The fraction of sp³-hybridized carbons (Fsp3) is 0.583. The Balaban J connectivity index is 1.83. The number of hydrogen-bond donors (Lipinski definition) is 1. The SMILES string of the molecule is Cn1c(=O)c2c(ncn2CCNP2(=O)OCCCO2)n(C)c1=O. The van der Waals surface area contributed by atoms with Crippen LogP contribution in [-0.2, 0) is 34.3 Å². The quantitative estimate of drug-likeness (QED) is 0.750. The van der Waals surface area contributed by atoms with Gasteiger partial charge in [0.05, 0.1) is 19.5 Å². The van der Waals surface area contributed by atoms with Crippen molar-refractivity contribution in [1.82, 2.24) is 23.8 Å². The molecule has 11 heteroatoms. The lowest BCUT2D eigenvalue weighted by Crippen LogP contribution is -2.37. The monoisotopic (exact) mass is 343 g/mol. The van der Waals surface area contributed by atoms with E-state index in [1.807, 2.05) is 0 Å². The first kappa shape index (κ1) is 16.1. The second-order valence-electron chi connectivity index (χ2n) is 5.24. The normalized spacial score (nSPS) is 17.7. The maximum absolute atomic E-state index is 12.3. The first-order valence-corrected chi connectivity index (χ1v) is 8.72. The van der Waals surface area contributed by atoms with Crippen LogP contribution in [-0.4, -0.2) is 38.4 Å². The number of aromatic nitrogens is 4. The molecule has 0 unspecified atom stereocenters. The van der Waals surface area contributed by atoms with E-state index in [0.717, 1.165) is 4.57 Å². The first-order chi connectivity index (χ1) is 10.9. The van der Waals surface area contributed by atoms with E-state index in [9.17, 15) is 14.2 Å². The van der Waals surface area contributed by atoms with Gasteiger partial charge in [-0.3, -0.25) is 23.0 Å². The summed E-state index contributed by atoms with van der Waals surface area (Å²) in [4.78, 5) is 28.3. The van der Waals surface area contributed by atoms with Gasteiger partial charge in [-0.1, -0.05) is 0 Å². The molecule has 0 bridgehead atoms. The number of aryl methyl sites for hydroxylation is 1. The van der Waals surface area contributed by atoms with Crippen LogP contribution in [0.1, 0.15) is 6.42 Å². The molecule has 10 nitrogen and oxygen atoms in total. The minimum absolute atomic E-state index is 0.273. The number of fused-ring (bicyclic) bond motifs is 1. The van der Waals surface area contributed by atoms with Gasteiger partial charge in [-0.15, -0.1) is 0 Å². The van der Waals surface area contributed by atoms with Crippen molar-refractivity contribution >= 4 is 18.9 Å². The molecule has 126 valence electrons. The molecule has 0 atom stereocenters. The van der Waals surface area contributed by atoms with E-state index in [1.165, 1.54) is 17.9 Å². The Morgan fingerprint density at radius 1 is 1.26 bits per heavy atom. The molecule has 0 amide bonds. The molecule has 3 rings (SSSR count). The average molecular weight is 343 g/mol. The Hall–Kier alpha value is -1.74. The summed E-state index contributed by atoms with van der Waals surface area (Å²) < 4.78 is 26.4. The second-order valence-corrected chi connectivity index (χ2v) is 7.07. The molecule has 0 spiro atoms. The molecule has 2 aromatic heterocycles. The number of hydrogen-bond acceptors (Lipinski definition) is 6. The van der Waals surface area contributed by atoms with Gasteiger partial charge in [0.1, 0.15) is 0 Å². The van der Waals surface area contributed by atoms with Gasteiger partial charge in [-0.25, -0.2) is 19.4 Å². The Labute approximate surface area is 131 Å². The highest BCUT2D eigenvalue weighted by atomic mass is 31.2. The van der Waals surface area contributed by atoms with Crippen molar-refractivity contribution in [3.05, 3.63) is 27.2 Å². The van der Waals surface area contributed by atoms with Crippen LogP contribution in [0.3, 0.4) is 0 Å². The van der Waals surface area contributed by atoms with Crippen molar-refractivity contribution in [2.75, 3.05) is 19.8 Å². The minimum atomic E-state index is -3.25. The molecular formula is C12H18N5O5P. The molecule has 0 saturated carbocycles. The number of rotatable bonds is 4. The number of nitrogens with one attached hydrogen (secondary N) is 1. The van der Waals surface area contributed by atoms with Crippen LogP contribution < -0.4 is 16.3 Å². The Kier molecular flexibility index (Phi) is 4.24. The van der Waals surface area contributed by atoms with Crippen LogP contribution in [0.25, 0.3) is 11.2 Å². The highest BCUT2D eigenvalue weighted by molar-refractivity contribution is 7.51. The van der Waals surface area contributed by atoms with Gasteiger partial charge < -0.3 is 4.57 Å².